The number of nitrogens with zero attached hydrogens (tertiary/aromatic N) is 1. The summed E-state index contributed by atoms with van der Waals surface area (Å²) >= 11 is 1.95. The van der Waals surface area contributed by atoms with Gasteiger partial charge in [-0.05, 0) is 81.1 Å². The van der Waals surface area contributed by atoms with Crippen molar-refractivity contribution in [1.29, 1.82) is 0 Å². The molecule has 2 aromatic rings. The first kappa shape index (κ1) is 15.8. The molecule has 1 unspecified atom stereocenters. The molecule has 0 N–H and O–H groups in total. The van der Waals surface area contributed by atoms with E-state index in [9.17, 15) is 0 Å². The fourth-order valence-corrected chi connectivity index (χ4v) is 4.49. The van der Waals surface area contributed by atoms with Crippen LogP contribution in [0.25, 0.3) is 0 Å². The van der Waals surface area contributed by atoms with Gasteiger partial charge in [0.2, 0.25) is 0 Å². The highest BCUT2D eigenvalue weighted by atomic mass is 32.1. The Balaban J connectivity index is 1.39. The lowest BCUT2D eigenvalue weighted by molar-refractivity contribution is 0.218. The van der Waals surface area contributed by atoms with Gasteiger partial charge in [-0.25, -0.2) is 0 Å². The van der Waals surface area contributed by atoms with E-state index in [2.05, 4.69) is 53.7 Å². The molecule has 1 aliphatic rings. The summed E-state index contributed by atoms with van der Waals surface area (Å²) in [5, 5.41) is 2.26. The predicted octanol–water partition coefficient (Wildman–Crippen LogP) is 4.95. The monoisotopic (exact) mass is 313 g/mol. The average molecular weight is 314 g/mol. The second kappa shape index (κ2) is 7.94. The average Bonchev–Trinajstić information content (AvgIpc) is 2.91. The predicted molar refractivity (Wildman–Crippen MR) is 96.8 cm³/mol. The first-order valence-corrected chi connectivity index (χ1v) is 9.50. The highest BCUT2D eigenvalue weighted by molar-refractivity contribution is 7.10. The molecule has 1 aromatic carbocycles. The molecule has 1 atom stereocenters. The van der Waals surface area contributed by atoms with E-state index in [0.29, 0.717) is 0 Å². The van der Waals surface area contributed by atoms with Gasteiger partial charge in [-0.1, -0.05) is 30.3 Å². The maximum Gasteiger partial charge on any atom is 0.00988 e. The van der Waals surface area contributed by atoms with Crippen molar-refractivity contribution in [1.82, 2.24) is 4.90 Å². The van der Waals surface area contributed by atoms with Gasteiger partial charge in [0.25, 0.3) is 0 Å². The van der Waals surface area contributed by atoms with E-state index in [1.807, 2.05) is 11.3 Å². The van der Waals surface area contributed by atoms with Crippen LogP contribution in [0.15, 0.2) is 41.8 Å². The van der Waals surface area contributed by atoms with Crippen molar-refractivity contribution in [2.24, 2.45) is 0 Å². The molecular weight excluding hydrogens is 286 g/mol. The summed E-state index contributed by atoms with van der Waals surface area (Å²) in [4.78, 5) is 4.25. The Labute approximate surface area is 139 Å². The molecule has 22 heavy (non-hydrogen) atoms. The zero-order chi connectivity index (χ0) is 15.2. The van der Waals surface area contributed by atoms with Crippen molar-refractivity contribution in [3.8, 4) is 0 Å². The van der Waals surface area contributed by atoms with Crippen LogP contribution in [0, 0.1) is 0 Å². The van der Waals surface area contributed by atoms with Crippen molar-refractivity contribution in [2.45, 2.75) is 51.0 Å². The van der Waals surface area contributed by atoms with Crippen LogP contribution in [0.1, 0.15) is 41.7 Å². The Kier molecular flexibility index (Phi) is 5.69. The zero-order valence-corrected chi connectivity index (χ0v) is 14.4. The first-order chi connectivity index (χ1) is 10.8. The van der Waals surface area contributed by atoms with Gasteiger partial charge in [0.15, 0.2) is 0 Å². The largest absolute Gasteiger partial charge is 0.303 e. The summed E-state index contributed by atoms with van der Waals surface area (Å²) < 4.78 is 0. The molecule has 2 heteroatoms. The minimum atomic E-state index is 0.774. The SMILES string of the molecule is CN(CCCCc1ccccc1)C1CCc2ccsc2CC1. The second-order valence-electron chi connectivity index (χ2n) is 6.52. The first-order valence-electron chi connectivity index (χ1n) is 8.62. The third kappa shape index (κ3) is 4.21. The van der Waals surface area contributed by atoms with Crippen molar-refractivity contribution in [2.75, 3.05) is 13.6 Å². The number of rotatable bonds is 6. The van der Waals surface area contributed by atoms with E-state index in [1.54, 1.807) is 10.4 Å². The number of fused-ring (bicyclic) bond motifs is 1. The van der Waals surface area contributed by atoms with Gasteiger partial charge in [-0.15, -0.1) is 11.3 Å². The number of benzene rings is 1. The van der Waals surface area contributed by atoms with Gasteiger partial charge in [0.1, 0.15) is 0 Å². The highest BCUT2D eigenvalue weighted by Crippen LogP contribution is 2.27. The topological polar surface area (TPSA) is 3.24 Å². The lowest BCUT2D eigenvalue weighted by Gasteiger charge is -2.27. The summed E-state index contributed by atoms with van der Waals surface area (Å²) in [6, 6.07) is 14.0. The summed E-state index contributed by atoms with van der Waals surface area (Å²) in [7, 11) is 2.33. The van der Waals surface area contributed by atoms with Crippen molar-refractivity contribution >= 4 is 11.3 Å². The number of aryl methyl sites for hydroxylation is 3. The molecule has 1 heterocycles. The summed E-state index contributed by atoms with van der Waals surface area (Å²) in [5.74, 6) is 0. The molecule has 0 fully saturated rings. The normalized spacial score (nSPS) is 18.2. The third-order valence-corrected chi connectivity index (χ3v) is 6.00. The van der Waals surface area contributed by atoms with Gasteiger partial charge in [0.05, 0.1) is 0 Å². The molecule has 1 aliphatic carbocycles. The van der Waals surface area contributed by atoms with Crippen molar-refractivity contribution in [3.05, 3.63) is 57.8 Å². The molecule has 0 saturated carbocycles. The van der Waals surface area contributed by atoms with Crippen LogP contribution >= 0.6 is 11.3 Å². The number of unbranched alkanes of at least 4 members (excludes halogenated alkanes) is 1. The minimum absolute atomic E-state index is 0.774. The molecule has 0 radical (unpaired) electrons. The second-order valence-corrected chi connectivity index (χ2v) is 7.52. The van der Waals surface area contributed by atoms with Crippen molar-refractivity contribution in [3.63, 3.8) is 0 Å². The zero-order valence-electron chi connectivity index (χ0n) is 13.6. The molecule has 0 bridgehead atoms. The third-order valence-electron chi connectivity index (χ3n) is 4.98. The molecule has 1 aromatic heterocycles. The molecule has 0 amide bonds. The standard InChI is InChI=1S/C20H27NS/c1-21(15-6-5-9-17-7-3-2-4-8-17)19-11-10-18-14-16-22-20(18)13-12-19/h2-4,7-8,14,16,19H,5-6,9-13,15H2,1H3. The van der Waals surface area contributed by atoms with E-state index < -0.39 is 0 Å². The van der Waals surface area contributed by atoms with Gasteiger partial charge in [-0.3, -0.25) is 0 Å². The van der Waals surface area contributed by atoms with E-state index in [1.165, 1.54) is 57.1 Å². The Hall–Kier alpha value is -1.12. The van der Waals surface area contributed by atoms with E-state index in [-0.39, 0.29) is 0 Å². The fraction of sp³-hybridized carbons (Fsp3) is 0.500. The lowest BCUT2D eigenvalue weighted by atomic mass is 10.1. The number of hydrogen-bond acceptors (Lipinski definition) is 2. The number of hydrogen-bond donors (Lipinski definition) is 0. The van der Waals surface area contributed by atoms with Crippen LogP contribution in [0.4, 0.5) is 0 Å². The summed E-state index contributed by atoms with van der Waals surface area (Å²) in [5.41, 5.74) is 3.09. The Bertz CT molecular complexity index is 538. The summed E-state index contributed by atoms with van der Waals surface area (Å²) in [6.45, 7) is 1.24. The molecule has 0 aliphatic heterocycles. The molecule has 1 nitrogen and oxygen atoms in total. The van der Waals surface area contributed by atoms with Crippen LogP contribution in [0.3, 0.4) is 0 Å². The van der Waals surface area contributed by atoms with Crippen LogP contribution in [0.5, 0.6) is 0 Å². The minimum Gasteiger partial charge on any atom is -0.303 e. The summed E-state index contributed by atoms with van der Waals surface area (Å²) in [6.07, 6.45) is 9.06. The van der Waals surface area contributed by atoms with Crippen LogP contribution < -0.4 is 0 Å². The molecule has 0 saturated heterocycles. The molecular formula is C20H27NS. The Morgan fingerprint density at radius 1 is 1.05 bits per heavy atom. The van der Waals surface area contributed by atoms with E-state index in [0.717, 1.165) is 6.04 Å². The highest BCUT2D eigenvalue weighted by Gasteiger charge is 2.19. The van der Waals surface area contributed by atoms with Gasteiger partial charge in [-0.2, -0.15) is 0 Å². The quantitative estimate of drug-likeness (QED) is 0.539. The smallest absolute Gasteiger partial charge is 0.00988 e. The van der Waals surface area contributed by atoms with Gasteiger partial charge in [0, 0.05) is 10.9 Å². The fourth-order valence-electron chi connectivity index (χ4n) is 3.53. The maximum absolute atomic E-state index is 2.61. The maximum atomic E-state index is 2.61. The lowest BCUT2D eigenvalue weighted by Crippen LogP contribution is -2.32. The Morgan fingerprint density at radius 3 is 2.73 bits per heavy atom. The molecule has 0 spiro atoms. The van der Waals surface area contributed by atoms with E-state index in [4.69, 9.17) is 0 Å². The molecule has 3 rings (SSSR count). The van der Waals surface area contributed by atoms with Crippen molar-refractivity contribution < 1.29 is 0 Å². The Morgan fingerprint density at radius 2 is 1.86 bits per heavy atom. The number of thiophene rings is 1. The van der Waals surface area contributed by atoms with Gasteiger partial charge >= 0.3 is 0 Å². The van der Waals surface area contributed by atoms with Gasteiger partial charge < -0.3 is 4.90 Å². The van der Waals surface area contributed by atoms with Crippen LogP contribution in [-0.2, 0) is 19.3 Å². The van der Waals surface area contributed by atoms with Crippen LogP contribution in [-0.4, -0.2) is 24.5 Å². The van der Waals surface area contributed by atoms with E-state index >= 15 is 0 Å². The van der Waals surface area contributed by atoms with Crippen LogP contribution in [0.2, 0.25) is 0 Å². The molecule has 118 valence electrons.